The molecule has 116 valence electrons. The van der Waals surface area contributed by atoms with Crippen molar-refractivity contribution in [1.29, 1.82) is 0 Å². The minimum atomic E-state index is -0.885. The Morgan fingerprint density at radius 2 is 2.05 bits per heavy atom. The molecule has 1 saturated heterocycles. The van der Waals surface area contributed by atoms with Gasteiger partial charge in [0.05, 0.1) is 19.6 Å². The molecule has 0 spiro atoms. The Hall–Kier alpha value is -1.53. The van der Waals surface area contributed by atoms with E-state index in [9.17, 15) is 13.6 Å². The third kappa shape index (κ3) is 4.22. The zero-order valence-corrected chi connectivity index (χ0v) is 12.0. The lowest BCUT2D eigenvalue weighted by atomic mass is 10.1. The molecule has 0 aliphatic carbocycles. The Bertz CT molecular complexity index is 502. The number of carbonyl (C=O) groups is 1. The van der Waals surface area contributed by atoms with Crippen LogP contribution in [0.3, 0.4) is 0 Å². The number of hydrogen-bond donors (Lipinski definition) is 1. The standard InChI is InChI=1S/C15H19F2NO3/c1-2-15(20-6-3-7-21-15)9-14(19)18-10-11-4-5-12(16)8-13(11)17/h4-5,8H,2-3,6-7,9-10H2,1H3,(H,18,19). The van der Waals surface area contributed by atoms with E-state index in [0.29, 0.717) is 19.6 Å². The van der Waals surface area contributed by atoms with Crippen LogP contribution in [-0.4, -0.2) is 24.9 Å². The van der Waals surface area contributed by atoms with Crippen molar-refractivity contribution < 1.29 is 23.0 Å². The summed E-state index contributed by atoms with van der Waals surface area (Å²) in [5.41, 5.74) is 0.237. The second-order valence-corrected chi connectivity index (χ2v) is 5.00. The fraction of sp³-hybridized carbons (Fsp3) is 0.533. The Morgan fingerprint density at radius 3 is 2.67 bits per heavy atom. The van der Waals surface area contributed by atoms with Gasteiger partial charge >= 0.3 is 0 Å². The molecule has 1 aliphatic heterocycles. The molecule has 2 rings (SSSR count). The summed E-state index contributed by atoms with van der Waals surface area (Å²) in [5.74, 6) is -2.49. The summed E-state index contributed by atoms with van der Waals surface area (Å²) in [7, 11) is 0. The van der Waals surface area contributed by atoms with Gasteiger partial charge in [0.15, 0.2) is 5.79 Å². The second-order valence-electron chi connectivity index (χ2n) is 5.00. The summed E-state index contributed by atoms with van der Waals surface area (Å²) in [5, 5.41) is 2.60. The SMILES string of the molecule is CCC1(CC(=O)NCc2ccc(F)cc2F)OCCCO1. The van der Waals surface area contributed by atoms with Crippen molar-refractivity contribution in [3.63, 3.8) is 0 Å². The van der Waals surface area contributed by atoms with Crippen LogP contribution in [0, 0.1) is 11.6 Å². The number of hydrogen-bond acceptors (Lipinski definition) is 3. The zero-order valence-electron chi connectivity index (χ0n) is 12.0. The second kappa shape index (κ2) is 6.95. The summed E-state index contributed by atoms with van der Waals surface area (Å²) in [6.45, 7) is 3.02. The van der Waals surface area contributed by atoms with Crippen LogP contribution in [-0.2, 0) is 20.8 Å². The number of carbonyl (C=O) groups excluding carboxylic acids is 1. The normalized spacial score (nSPS) is 17.5. The van der Waals surface area contributed by atoms with Crippen molar-refractivity contribution in [3.8, 4) is 0 Å². The van der Waals surface area contributed by atoms with Crippen LogP contribution in [0.1, 0.15) is 31.7 Å². The number of nitrogens with one attached hydrogen (secondary N) is 1. The van der Waals surface area contributed by atoms with Gasteiger partial charge in [0.2, 0.25) is 5.91 Å². The van der Waals surface area contributed by atoms with E-state index in [1.807, 2.05) is 6.92 Å². The van der Waals surface area contributed by atoms with Gasteiger partial charge in [-0.1, -0.05) is 13.0 Å². The fourth-order valence-electron chi connectivity index (χ4n) is 2.21. The smallest absolute Gasteiger partial charge is 0.225 e. The predicted molar refractivity (Wildman–Crippen MR) is 72.4 cm³/mol. The molecule has 1 aliphatic rings. The van der Waals surface area contributed by atoms with Gasteiger partial charge in [-0.15, -0.1) is 0 Å². The first kappa shape index (κ1) is 15.9. The summed E-state index contributed by atoms with van der Waals surface area (Å²) >= 11 is 0. The van der Waals surface area contributed by atoms with Crippen LogP contribution < -0.4 is 5.32 Å². The van der Waals surface area contributed by atoms with E-state index in [1.165, 1.54) is 6.07 Å². The highest BCUT2D eigenvalue weighted by Crippen LogP contribution is 2.26. The maximum Gasteiger partial charge on any atom is 0.225 e. The maximum atomic E-state index is 13.5. The number of ether oxygens (including phenoxy) is 2. The van der Waals surface area contributed by atoms with E-state index in [2.05, 4.69) is 5.32 Å². The molecule has 6 heteroatoms. The molecule has 1 aromatic rings. The van der Waals surface area contributed by atoms with Crippen molar-refractivity contribution in [2.24, 2.45) is 0 Å². The van der Waals surface area contributed by atoms with Gasteiger partial charge in [0.25, 0.3) is 0 Å². The monoisotopic (exact) mass is 299 g/mol. The number of rotatable bonds is 5. The van der Waals surface area contributed by atoms with Gasteiger partial charge in [-0.25, -0.2) is 8.78 Å². The minimum Gasteiger partial charge on any atom is -0.352 e. The molecule has 0 aromatic heterocycles. The van der Waals surface area contributed by atoms with Gasteiger partial charge in [0, 0.05) is 18.2 Å². The van der Waals surface area contributed by atoms with E-state index in [1.54, 1.807) is 0 Å². The number of benzene rings is 1. The molecule has 21 heavy (non-hydrogen) atoms. The van der Waals surface area contributed by atoms with E-state index in [0.717, 1.165) is 18.6 Å². The summed E-state index contributed by atoms with van der Waals surface area (Å²) in [6, 6.07) is 3.27. The zero-order chi connectivity index (χ0) is 15.3. The van der Waals surface area contributed by atoms with Crippen molar-refractivity contribution in [2.75, 3.05) is 13.2 Å². The van der Waals surface area contributed by atoms with Gasteiger partial charge in [-0.3, -0.25) is 4.79 Å². The number of amides is 1. The van der Waals surface area contributed by atoms with E-state index < -0.39 is 17.4 Å². The summed E-state index contributed by atoms with van der Waals surface area (Å²) in [4.78, 5) is 12.0. The molecule has 1 heterocycles. The maximum absolute atomic E-state index is 13.5. The highest BCUT2D eigenvalue weighted by atomic mass is 19.1. The molecule has 0 atom stereocenters. The first-order valence-electron chi connectivity index (χ1n) is 7.03. The van der Waals surface area contributed by atoms with Crippen LogP contribution >= 0.6 is 0 Å². The molecule has 0 saturated carbocycles. The molecule has 1 N–H and O–H groups in total. The third-order valence-electron chi connectivity index (χ3n) is 3.48. The lowest BCUT2D eigenvalue weighted by Gasteiger charge is -2.35. The van der Waals surface area contributed by atoms with Crippen LogP contribution in [0.5, 0.6) is 0 Å². The summed E-state index contributed by atoms with van der Waals surface area (Å²) in [6.07, 6.45) is 1.43. The average molecular weight is 299 g/mol. The highest BCUT2D eigenvalue weighted by Gasteiger charge is 2.35. The van der Waals surface area contributed by atoms with Crippen molar-refractivity contribution in [1.82, 2.24) is 5.32 Å². The van der Waals surface area contributed by atoms with Crippen molar-refractivity contribution >= 4 is 5.91 Å². The Balaban J connectivity index is 1.89. The first-order chi connectivity index (χ1) is 10.0. The molecule has 1 fully saturated rings. The molecule has 0 unspecified atom stereocenters. The van der Waals surface area contributed by atoms with Crippen molar-refractivity contribution in [3.05, 3.63) is 35.4 Å². The minimum absolute atomic E-state index is 0.00470. The summed E-state index contributed by atoms with van der Waals surface area (Å²) < 4.78 is 37.4. The van der Waals surface area contributed by atoms with E-state index in [4.69, 9.17) is 9.47 Å². The first-order valence-corrected chi connectivity index (χ1v) is 7.03. The predicted octanol–water partition coefficient (Wildman–Crippen LogP) is 2.51. The Labute approximate surface area is 122 Å². The van der Waals surface area contributed by atoms with Gasteiger partial charge in [-0.05, 0) is 18.9 Å². The topological polar surface area (TPSA) is 47.6 Å². The van der Waals surface area contributed by atoms with Gasteiger partial charge in [-0.2, -0.15) is 0 Å². The van der Waals surface area contributed by atoms with E-state index in [-0.39, 0.29) is 24.4 Å². The van der Waals surface area contributed by atoms with E-state index >= 15 is 0 Å². The Kier molecular flexibility index (Phi) is 5.25. The average Bonchev–Trinajstić information content (AvgIpc) is 2.47. The molecule has 4 nitrogen and oxygen atoms in total. The third-order valence-corrected chi connectivity index (χ3v) is 3.48. The quantitative estimate of drug-likeness (QED) is 0.909. The lowest BCUT2D eigenvalue weighted by molar-refractivity contribution is -0.268. The Morgan fingerprint density at radius 1 is 1.33 bits per heavy atom. The van der Waals surface area contributed by atoms with Gasteiger partial charge in [0.1, 0.15) is 11.6 Å². The van der Waals surface area contributed by atoms with Crippen LogP contribution in [0.25, 0.3) is 0 Å². The van der Waals surface area contributed by atoms with Crippen molar-refractivity contribution in [2.45, 2.75) is 38.5 Å². The molecule has 0 radical (unpaired) electrons. The molecule has 0 bridgehead atoms. The fourth-order valence-corrected chi connectivity index (χ4v) is 2.21. The van der Waals surface area contributed by atoms with Crippen LogP contribution in [0.2, 0.25) is 0 Å². The van der Waals surface area contributed by atoms with Crippen LogP contribution in [0.4, 0.5) is 8.78 Å². The lowest BCUT2D eigenvalue weighted by Crippen LogP contribution is -2.44. The largest absolute Gasteiger partial charge is 0.352 e. The van der Waals surface area contributed by atoms with Crippen LogP contribution in [0.15, 0.2) is 18.2 Å². The molecular weight excluding hydrogens is 280 g/mol. The van der Waals surface area contributed by atoms with Gasteiger partial charge < -0.3 is 14.8 Å². The molecule has 1 aromatic carbocycles. The number of halogens is 2. The highest BCUT2D eigenvalue weighted by molar-refractivity contribution is 5.76. The molecular formula is C15H19F2NO3. The molecule has 1 amide bonds.